The van der Waals surface area contributed by atoms with Crippen molar-refractivity contribution >= 4 is 33.0 Å². The highest BCUT2D eigenvalue weighted by Gasteiger charge is 2.08. The summed E-state index contributed by atoms with van der Waals surface area (Å²) >= 11 is 7.09. The number of aliphatic hydroxyl groups is 1. The summed E-state index contributed by atoms with van der Waals surface area (Å²) in [7, 11) is 0. The van der Waals surface area contributed by atoms with Gasteiger partial charge in [-0.3, -0.25) is 0 Å². The Kier molecular flexibility index (Phi) is 2.24. The van der Waals surface area contributed by atoms with Gasteiger partial charge in [0.15, 0.2) is 0 Å². The summed E-state index contributed by atoms with van der Waals surface area (Å²) < 4.78 is 13.7. The molecule has 0 spiro atoms. The van der Waals surface area contributed by atoms with Crippen molar-refractivity contribution in [3.63, 3.8) is 0 Å². The highest BCUT2D eigenvalue weighted by atomic mass is 35.5. The first-order valence-corrected chi connectivity index (χ1v) is 4.89. The fourth-order valence-corrected chi connectivity index (χ4v) is 2.40. The van der Waals surface area contributed by atoms with Gasteiger partial charge in [-0.25, -0.2) is 4.39 Å². The van der Waals surface area contributed by atoms with Crippen LogP contribution in [0, 0.1) is 5.82 Å². The van der Waals surface area contributed by atoms with Crippen molar-refractivity contribution in [3.05, 3.63) is 33.9 Å². The third-order valence-electron chi connectivity index (χ3n) is 1.79. The molecule has 0 amide bonds. The summed E-state index contributed by atoms with van der Waals surface area (Å²) in [5.74, 6) is -0.288. The molecule has 1 N–H and O–H groups in total. The molecule has 0 fully saturated rings. The van der Waals surface area contributed by atoms with Crippen LogP contribution in [0.4, 0.5) is 4.39 Å². The Morgan fingerprint density at radius 1 is 1.46 bits per heavy atom. The van der Waals surface area contributed by atoms with Crippen LogP contribution < -0.4 is 0 Å². The van der Waals surface area contributed by atoms with Crippen LogP contribution in [0.5, 0.6) is 0 Å². The second-order valence-electron chi connectivity index (χ2n) is 2.64. The van der Waals surface area contributed by atoms with Gasteiger partial charge in [-0.2, -0.15) is 0 Å². The van der Waals surface area contributed by atoms with Crippen molar-refractivity contribution in [1.82, 2.24) is 0 Å². The number of hydrogen-bond donors (Lipinski definition) is 1. The largest absolute Gasteiger partial charge is 0.391 e. The smallest absolute Gasteiger partial charge is 0.141 e. The van der Waals surface area contributed by atoms with E-state index in [0.29, 0.717) is 15.1 Å². The summed E-state index contributed by atoms with van der Waals surface area (Å²) in [6, 6.07) is 4.57. The standard InChI is InChI=1S/C9H6ClFOS/c10-7-1-2-8(11)9-6(7)3-5(4-12)13-9/h1-3,12H,4H2. The predicted octanol–water partition coefficient (Wildman–Crippen LogP) is 3.19. The van der Waals surface area contributed by atoms with E-state index in [4.69, 9.17) is 16.7 Å². The van der Waals surface area contributed by atoms with Gasteiger partial charge in [-0.05, 0) is 18.2 Å². The van der Waals surface area contributed by atoms with Gasteiger partial charge in [0.05, 0.1) is 11.3 Å². The normalized spacial score (nSPS) is 11.0. The van der Waals surface area contributed by atoms with Crippen LogP contribution in [0.15, 0.2) is 18.2 Å². The minimum atomic E-state index is -0.288. The Labute approximate surface area is 83.4 Å². The minimum absolute atomic E-state index is 0.0743. The molecule has 4 heteroatoms. The molecule has 0 aliphatic rings. The number of halogens is 2. The average Bonchev–Trinajstić information content (AvgIpc) is 2.56. The van der Waals surface area contributed by atoms with E-state index < -0.39 is 0 Å². The van der Waals surface area contributed by atoms with Gasteiger partial charge in [0, 0.05) is 15.3 Å². The number of thiophene rings is 1. The molecular weight excluding hydrogens is 211 g/mol. The van der Waals surface area contributed by atoms with Gasteiger partial charge in [-0.15, -0.1) is 11.3 Å². The Morgan fingerprint density at radius 3 is 2.85 bits per heavy atom. The fourth-order valence-electron chi connectivity index (χ4n) is 1.19. The van der Waals surface area contributed by atoms with E-state index in [1.807, 2.05) is 0 Å². The molecule has 2 rings (SSSR count). The maximum Gasteiger partial charge on any atom is 0.141 e. The Bertz CT molecular complexity index is 413. The first-order chi connectivity index (χ1) is 6.22. The highest BCUT2D eigenvalue weighted by molar-refractivity contribution is 7.19. The lowest BCUT2D eigenvalue weighted by molar-refractivity contribution is 0.285. The Balaban J connectivity index is 2.80. The number of fused-ring (bicyclic) bond motifs is 1. The van der Waals surface area contributed by atoms with Crippen molar-refractivity contribution in [2.75, 3.05) is 0 Å². The van der Waals surface area contributed by atoms with Crippen molar-refractivity contribution in [1.29, 1.82) is 0 Å². The SMILES string of the molecule is OCc1cc2c(Cl)ccc(F)c2s1. The van der Waals surface area contributed by atoms with Crippen LogP contribution in [-0.4, -0.2) is 5.11 Å². The van der Waals surface area contributed by atoms with E-state index in [0.717, 1.165) is 4.88 Å². The van der Waals surface area contributed by atoms with Crippen LogP contribution >= 0.6 is 22.9 Å². The zero-order valence-electron chi connectivity index (χ0n) is 6.55. The quantitative estimate of drug-likeness (QED) is 0.776. The lowest BCUT2D eigenvalue weighted by Gasteiger charge is -1.93. The topological polar surface area (TPSA) is 20.2 Å². The zero-order valence-corrected chi connectivity index (χ0v) is 8.12. The number of hydrogen-bond acceptors (Lipinski definition) is 2. The van der Waals surface area contributed by atoms with Crippen LogP contribution in [0.1, 0.15) is 4.88 Å². The lowest BCUT2D eigenvalue weighted by atomic mass is 10.2. The number of aliphatic hydroxyl groups excluding tert-OH is 1. The van der Waals surface area contributed by atoms with Crippen LogP contribution in [-0.2, 0) is 6.61 Å². The van der Waals surface area contributed by atoms with Crippen molar-refractivity contribution in [2.24, 2.45) is 0 Å². The van der Waals surface area contributed by atoms with E-state index in [9.17, 15) is 4.39 Å². The van der Waals surface area contributed by atoms with Crippen LogP contribution in [0.25, 0.3) is 10.1 Å². The predicted molar refractivity (Wildman–Crippen MR) is 52.7 cm³/mol. The first-order valence-electron chi connectivity index (χ1n) is 3.69. The third-order valence-corrected chi connectivity index (χ3v) is 3.25. The van der Waals surface area contributed by atoms with Gasteiger partial charge < -0.3 is 5.11 Å². The van der Waals surface area contributed by atoms with E-state index in [2.05, 4.69) is 0 Å². The van der Waals surface area contributed by atoms with Gasteiger partial charge >= 0.3 is 0 Å². The van der Waals surface area contributed by atoms with Gasteiger partial charge in [0.25, 0.3) is 0 Å². The second-order valence-corrected chi connectivity index (χ2v) is 4.19. The summed E-state index contributed by atoms with van der Waals surface area (Å²) in [6.07, 6.45) is 0. The molecule has 0 unspecified atom stereocenters. The van der Waals surface area contributed by atoms with Crippen molar-refractivity contribution < 1.29 is 9.50 Å². The van der Waals surface area contributed by atoms with Crippen LogP contribution in [0.3, 0.4) is 0 Å². The Morgan fingerprint density at radius 2 is 2.23 bits per heavy atom. The molecular formula is C9H6ClFOS. The Hall–Kier alpha value is -0.640. The van der Waals surface area contributed by atoms with Crippen molar-refractivity contribution in [3.8, 4) is 0 Å². The lowest BCUT2D eigenvalue weighted by Crippen LogP contribution is -1.72. The molecule has 0 saturated heterocycles. The molecule has 13 heavy (non-hydrogen) atoms. The minimum Gasteiger partial charge on any atom is -0.391 e. The second kappa shape index (κ2) is 3.25. The van der Waals surface area contributed by atoms with Crippen molar-refractivity contribution in [2.45, 2.75) is 6.61 Å². The summed E-state index contributed by atoms with van der Waals surface area (Å²) in [4.78, 5) is 0.724. The molecule has 0 bridgehead atoms. The molecule has 2 aromatic rings. The molecule has 1 nitrogen and oxygen atoms in total. The third kappa shape index (κ3) is 1.43. The molecule has 1 aromatic heterocycles. The average molecular weight is 217 g/mol. The van der Waals surface area contributed by atoms with Crippen LogP contribution in [0.2, 0.25) is 5.02 Å². The monoisotopic (exact) mass is 216 g/mol. The fraction of sp³-hybridized carbons (Fsp3) is 0.111. The molecule has 0 aliphatic heterocycles. The van der Waals surface area contributed by atoms with E-state index in [1.54, 1.807) is 6.07 Å². The molecule has 68 valence electrons. The molecule has 0 atom stereocenters. The number of rotatable bonds is 1. The summed E-state index contributed by atoms with van der Waals surface area (Å²) in [6.45, 7) is -0.0743. The molecule has 0 radical (unpaired) electrons. The van der Waals surface area contributed by atoms with E-state index in [1.165, 1.54) is 23.5 Å². The molecule has 1 aromatic carbocycles. The van der Waals surface area contributed by atoms with Gasteiger partial charge in [0.1, 0.15) is 5.82 Å². The summed E-state index contributed by atoms with van der Waals surface area (Å²) in [5, 5.41) is 10.1. The number of benzene rings is 1. The van der Waals surface area contributed by atoms with E-state index >= 15 is 0 Å². The maximum absolute atomic E-state index is 13.2. The molecule has 0 aliphatic carbocycles. The highest BCUT2D eigenvalue weighted by Crippen LogP contribution is 2.33. The zero-order chi connectivity index (χ0) is 9.42. The van der Waals surface area contributed by atoms with Gasteiger partial charge in [-0.1, -0.05) is 11.6 Å². The first kappa shape index (κ1) is 8.94. The summed E-state index contributed by atoms with van der Waals surface area (Å²) in [5.41, 5.74) is 0. The maximum atomic E-state index is 13.2. The molecule has 0 saturated carbocycles. The van der Waals surface area contributed by atoms with Gasteiger partial charge in [0.2, 0.25) is 0 Å². The van der Waals surface area contributed by atoms with E-state index in [-0.39, 0.29) is 12.4 Å². The molecule has 1 heterocycles.